The van der Waals surface area contributed by atoms with Gasteiger partial charge in [0, 0.05) is 18.5 Å². The molecule has 0 aliphatic rings. The molecule has 2 aromatic heterocycles. The SMILES string of the molecule is CCC(=O)c1cc(Cl)ccc1OCc1nnc2n(C)c(=O)c3ccccc3n12. The molecule has 4 rings (SSSR count). The van der Waals surface area contributed by atoms with E-state index in [9.17, 15) is 9.59 Å². The fourth-order valence-electron chi connectivity index (χ4n) is 3.16. The minimum atomic E-state index is -0.142. The third-order valence-corrected chi connectivity index (χ3v) is 4.85. The minimum absolute atomic E-state index is 0.0588. The monoisotopic (exact) mass is 396 g/mol. The van der Waals surface area contributed by atoms with Gasteiger partial charge in [-0.05, 0) is 30.3 Å². The second-order valence-corrected chi connectivity index (χ2v) is 6.78. The van der Waals surface area contributed by atoms with E-state index < -0.39 is 0 Å². The Morgan fingerprint density at radius 2 is 1.96 bits per heavy atom. The summed E-state index contributed by atoms with van der Waals surface area (Å²) in [7, 11) is 1.65. The van der Waals surface area contributed by atoms with Gasteiger partial charge >= 0.3 is 0 Å². The van der Waals surface area contributed by atoms with E-state index in [2.05, 4.69) is 10.2 Å². The molecular weight excluding hydrogens is 380 g/mol. The topological polar surface area (TPSA) is 78.5 Å². The van der Waals surface area contributed by atoms with Gasteiger partial charge in [-0.15, -0.1) is 10.2 Å². The lowest BCUT2D eigenvalue weighted by Gasteiger charge is -2.11. The highest BCUT2D eigenvalue weighted by Crippen LogP contribution is 2.25. The number of aromatic nitrogens is 4. The first-order valence-corrected chi connectivity index (χ1v) is 9.16. The van der Waals surface area contributed by atoms with Crippen LogP contribution < -0.4 is 10.3 Å². The predicted octanol–water partition coefficient (Wildman–Crippen LogP) is 3.41. The van der Waals surface area contributed by atoms with Gasteiger partial charge < -0.3 is 4.74 Å². The van der Waals surface area contributed by atoms with Gasteiger partial charge in [0.15, 0.2) is 11.6 Å². The van der Waals surface area contributed by atoms with Crippen LogP contribution in [0.5, 0.6) is 5.75 Å². The molecule has 0 amide bonds. The molecule has 0 atom stereocenters. The molecular formula is C20H17ClN4O3. The van der Waals surface area contributed by atoms with E-state index in [1.165, 1.54) is 4.57 Å². The number of aryl methyl sites for hydroxylation is 1. The Labute approximate surface area is 165 Å². The summed E-state index contributed by atoms with van der Waals surface area (Å²) < 4.78 is 9.13. The number of ether oxygens (including phenoxy) is 1. The highest BCUT2D eigenvalue weighted by Gasteiger charge is 2.17. The third-order valence-electron chi connectivity index (χ3n) is 4.61. The Morgan fingerprint density at radius 3 is 2.75 bits per heavy atom. The summed E-state index contributed by atoms with van der Waals surface area (Å²) in [6.07, 6.45) is 0.345. The molecule has 0 saturated carbocycles. The maximum Gasteiger partial charge on any atom is 0.262 e. The summed E-state index contributed by atoms with van der Waals surface area (Å²) >= 11 is 6.03. The van der Waals surface area contributed by atoms with Gasteiger partial charge in [-0.3, -0.25) is 18.6 Å². The van der Waals surface area contributed by atoms with Crippen LogP contribution in [0.15, 0.2) is 47.3 Å². The number of nitrogens with zero attached hydrogens (tertiary/aromatic N) is 4. The Morgan fingerprint density at radius 1 is 1.18 bits per heavy atom. The number of carbonyl (C=O) groups is 1. The summed E-state index contributed by atoms with van der Waals surface area (Å²) in [6.45, 7) is 1.86. The van der Waals surface area contributed by atoms with Crippen molar-refractivity contribution < 1.29 is 9.53 Å². The smallest absolute Gasteiger partial charge is 0.262 e. The number of rotatable bonds is 5. The van der Waals surface area contributed by atoms with Crippen LogP contribution in [0.25, 0.3) is 16.7 Å². The minimum Gasteiger partial charge on any atom is -0.485 e. The number of benzene rings is 2. The number of ketones is 1. The van der Waals surface area contributed by atoms with E-state index in [-0.39, 0.29) is 17.9 Å². The highest BCUT2D eigenvalue weighted by atomic mass is 35.5. The summed E-state index contributed by atoms with van der Waals surface area (Å²) in [5.41, 5.74) is 0.989. The van der Waals surface area contributed by atoms with Crippen molar-refractivity contribution in [2.24, 2.45) is 7.05 Å². The molecule has 0 unspecified atom stereocenters. The van der Waals surface area contributed by atoms with Gasteiger partial charge in [-0.1, -0.05) is 30.7 Å². The first-order valence-electron chi connectivity index (χ1n) is 8.78. The van der Waals surface area contributed by atoms with Gasteiger partial charge in [-0.25, -0.2) is 0 Å². The Kier molecular flexibility index (Phi) is 4.60. The summed E-state index contributed by atoms with van der Waals surface area (Å²) in [5, 5.41) is 9.36. The molecule has 142 valence electrons. The number of fused-ring (bicyclic) bond motifs is 3. The molecule has 2 heterocycles. The molecule has 2 aromatic carbocycles. The van der Waals surface area contributed by atoms with Crippen molar-refractivity contribution in [3.63, 3.8) is 0 Å². The van der Waals surface area contributed by atoms with E-state index in [0.717, 1.165) is 0 Å². The van der Waals surface area contributed by atoms with E-state index in [1.807, 2.05) is 18.2 Å². The molecule has 0 bridgehead atoms. The second-order valence-electron chi connectivity index (χ2n) is 6.34. The van der Waals surface area contributed by atoms with Crippen LogP contribution in [-0.4, -0.2) is 24.9 Å². The first-order chi connectivity index (χ1) is 13.5. The lowest BCUT2D eigenvalue weighted by molar-refractivity contribution is 0.0983. The molecule has 0 spiro atoms. The summed E-state index contributed by atoms with van der Waals surface area (Å²) in [6, 6.07) is 12.2. The van der Waals surface area contributed by atoms with E-state index in [1.54, 1.807) is 42.6 Å². The number of Topliss-reactive ketones (excluding diaryl/α,β-unsaturated/α-hetero) is 1. The number of para-hydroxylation sites is 1. The molecule has 0 saturated heterocycles. The van der Waals surface area contributed by atoms with Gasteiger partial charge in [0.2, 0.25) is 5.78 Å². The maximum absolute atomic E-state index is 12.5. The summed E-state index contributed by atoms with van der Waals surface area (Å²) in [4.78, 5) is 24.7. The molecule has 0 aliphatic heterocycles. The molecule has 7 nitrogen and oxygen atoms in total. The molecule has 28 heavy (non-hydrogen) atoms. The lowest BCUT2D eigenvalue weighted by atomic mass is 10.1. The largest absolute Gasteiger partial charge is 0.485 e. The molecule has 8 heteroatoms. The van der Waals surface area contributed by atoms with Crippen molar-refractivity contribution in [3.05, 3.63) is 69.2 Å². The molecule has 0 fully saturated rings. The zero-order valence-corrected chi connectivity index (χ0v) is 16.1. The highest BCUT2D eigenvalue weighted by molar-refractivity contribution is 6.31. The zero-order valence-electron chi connectivity index (χ0n) is 15.3. The van der Waals surface area contributed by atoms with Crippen molar-refractivity contribution in [2.45, 2.75) is 20.0 Å². The number of hydrogen-bond acceptors (Lipinski definition) is 5. The quantitative estimate of drug-likeness (QED) is 0.483. The van der Waals surface area contributed by atoms with Crippen molar-refractivity contribution in [1.82, 2.24) is 19.2 Å². The van der Waals surface area contributed by atoms with Crippen LogP contribution in [0.3, 0.4) is 0 Å². The standard InChI is InChI=1S/C20H17ClN4O3/c1-3-16(26)14-10-12(21)8-9-17(14)28-11-18-22-23-20-24(2)19(27)13-6-4-5-7-15(13)25(18)20/h4-10H,3,11H2,1-2H3. The number of halogens is 1. The fourth-order valence-corrected chi connectivity index (χ4v) is 3.34. The first kappa shape index (κ1) is 18.2. The summed E-state index contributed by atoms with van der Waals surface area (Å²) in [5.74, 6) is 1.31. The fraction of sp³-hybridized carbons (Fsp3) is 0.200. The average molecular weight is 397 g/mol. The Balaban J connectivity index is 1.79. The van der Waals surface area contributed by atoms with Crippen LogP contribution in [-0.2, 0) is 13.7 Å². The van der Waals surface area contributed by atoms with Gasteiger partial charge in [0.05, 0.1) is 16.5 Å². The van der Waals surface area contributed by atoms with Crippen molar-refractivity contribution in [3.8, 4) is 5.75 Å². The van der Waals surface area contributed by atoms with Crippen LogP contribution >= 0.6 is 11.6 Å². The van der Waals surface area contributed by atoms with Crippen LogP contribution in [0.1, 0.15) is 29.5 Å². The Hall–Kier alpha value is -3.19. The zero-order chi connectivity index (χ0) is 19.8. The molecule has 0 radical (unpaired) electrons. The third kappa shape index (κ3) is 2.93. The van der Waals surface area contributed by atoms with Crippen LogP contribution in [0.4, 0.5) is 0 Å². The van der Waals surface area contributed by atoms with Gasteiger partial charge in [0.1, 0.15) is 12.4 Å². The molecule has 0 N–H and O–H groups in total. The van der Waals surface area contributed by atoms with E-state index in [4.69, 9.17) is 16.3 Å². The average Bonchev–Trinajstić information content (AvgIpc) is 3.14. The van der Waals surface area contributed by atoms with Crippen molar-refractivity contribution in [2.75, 3.05) is 0 Å². The van der Waals surface area contributed by atoms with Gasteiger partial charge in [-0.2, -0.15) is 0 Å². The van der Waals surface area contributed by atoms with Crippen LogP contribution in [0, 0.1) is 0 Å². The number of hydrogen-bond donors (Lipinski definition) is 0. The molecule has 4 aromatic rings. The molecule has 0 aliphatic carbocycles. The van der Waals surface area contributed by atoms with Gasteiger partial charge in [0.25, 0.3) is 5.56 Å². The Bertz CT molecular complexity index is 1280. The number of carbonyl (C=O) groups excluding carboxylic acids is 1. The normalized spacial score (nSPS) is 11.2. The van der Waals surface area contributed by atoms with Crippen molar-refractivity contribution in [1.29, 1.82) is 0 Å². The second kappa shape index (κ2) is 7.09. The van der Waals surface area contributed by atoms with Crippen LogP contribution in [0.2, 0.25) is 5.02 Å². The van der Waals surface area contributed by atoms with E-state index >= 15 is 0 Å². The van der Waals surface area contributed by atoms with E-state index in [0.29, 0.717) is 45.3 Å². The lowest BCUT2D eigenvalue weighted by Crippen LogP contribution is -2.20. The van der Waals surface area contributed by atoms with Crippen molar-refractivity contribution >= 4 is 34.1 Å². The maximum atomic E-state index is 12.5. The predicted molar refractivity (Wildman–Crippen MR) is 106 cm³/mol.